The van der Waals surface area contributed by atoms with Gasteiger partial charge in [-0.25, -0.2) is 4.68 Å². The second-order valence-corrected chi connectivity index (χ2v) is 6.22. The van der Waals surface area contributed by atoms with Crippen molar-refractivity contribution < 1.29 is 0 Å². The molecule has 21 heavy (non-hydrogen) atoms. The van der Waals surface area contributed by atoms with Crippen LogP contribution >= 0.6 is 23.6 Å². The van der Waals surface area contributed by atoms with Crippen LogP contribution in [0.2, 0.25) is 0 Å². The van der Waals surface area contributed by atoms with Crippen molar-refractivity contribution in [3.63, 3.8) is 0 Å². The molecule has 1 heterocycles. The number of hydrogen-bond acceptors (Lipinski definition) is 4. The molecule has 1 aromatic heterocycles. The fourth-order valence-electron chi connectivity index (χ4n) is 2.01. The van der Waals surface area contributed by atoms with Crippen LogP contribution in [0.1, 0.15) is 12.5 Å². The lowest BCUT2D eigenvalue weighted by atomic mass is 10.1. The van der Waals surface area contributed by atoms with Gasteiger partial charge in [0.15, 0.2) is 3.95 Å². The van der Waals surface area contributed by atoms with Gasteiger partial charge in [-0.05, 0) is 48.5 Å². The quantitative estimate of drug-likeness (QED) is 0.690. The minimum Gasteiger partial charge on any atom is -0.330 e. The Morgan fingerprint density at radius 1 is 1.10 bits per heavy atom. The molecule has 2 aromatic carbocycles. The summed E-state index contributed by atoms with van der Waals surface area (Å²) in [6.07, 6.45) is 1.04. The van der Waals surface area contributed by atoms with E-state index in [2.05, 4.69) is 41.6 Å². The van der Waals surface area contributed by atoms with Crippen molar-refractivity contribution in [1.29, 1.82) is 0 Å². The molecular weight excluding hydrogens is 298 g/mol. The molecule has 0 atom stereocenters. The highest BCUT2D eigenvalue weighted by Crippen LogP contribution is 2.22. The number of aromatic nitrogens is 2. The Morgan fingerprint density at radius 3 is 2.48 bits per heavy atom. The van der Waals surface area contributed by atoms with Crippen LogP contribution in [0.3, 0.4) is 0 Å². The standard InChI is InChI=1S/C16H15N3S2/c1-2-12-8-10-13(11-9-12)17-15-18-19(16(20)21-15)14-6-4-3-5-7-14/h3-11H,2H2,1H3,(H,17,18). The molecule has 3 nitrogen and oxygen atoms in total. The number of hydrogen-bond donors (Lipinski definition) is 1. The monoisotopic (exact) mass is 313 g/mol. The summed E-state index contributed by atoms with van der Waals surface area (Å²) >= 11 is 6.86. The molecule has 0 bridgehead atoms. The Balaban J connectivity index is 1.85. The summed E-state index contributed by atoms with van der Waals surface area (Å²) in [6, 6.07) is 18.3. The van der Waals surface area contributed by atoms with Crippen molar-refractivity contribution in [2.75, 3.05) is 5.32 Å². The molecule has 0 saturated carbocycles. The zero-order valence-corrected chi connectivity index (χ0v) is 13.2. The minimum atomic E-state index is 0.730. The maximum Gasteiger partial charge on any atom is 0.209 e. The maximum atomic E-state index is 5.39. The SMILES string of the molecule is CCc1ccc(Nc2nn(-c3ccccc3)c(=S)s2)cc1. The van der Waals surface area contributed by atoms with Crippen molar-refractivity contribution in [3.8, 4) is 5.69 Å². The average Bonchev–Trinajstić information content (AvgIpc) is 2.89. The minimum absolute atomic E-state index is 0.730. The lowest BCUT2D eigenvalue weighted by Gasteiger charge is -2.03. The number of rotatable bonds is 4. The van der Waals surface area contributed by atoms with Gasteiger partial charge in [0.25, 0.3) is 0 Å². The Morgan fingerprint density at radius 2 is 1.81 bits per heavy atom. The number of nitrogens with zero attached hydrogens (tertiary/aromatic N) is 2. The predicted octanol–water partition coefficient (Wildman–Crippen LogP) is 4.97. The van der Waals surface area contributed by atoms with Crippen LogP contribution in [-0.2, 0) is 6.42 Å². The van der Waals surface area contributed by atoms with E-state index in [9.17, 15) is 0 Å². The third-order valence-electron chi connectivity index (χ3n) is 3.16. The molecule has 0 amide bonds. The third-order valence-corrected chi connectivity index (χ3v) is 4.31. The molecule has 3 rings (SSSR count). The van der Waals surface area contributed by atoms with Gasteiger partial charge in [-0.2, -0.15) is 0 Å². The van der Waals surface area contributed by atoms with Crippen LogP contribution in [0.4, 0.5) is 10.8 Å². The van der Waals surface area contributed by atoms with E-state index in [-0.39, 0.29) is 0 Å². The van der Waals surface area contributed by atoms with Gasteiger partial charge in [-0.15, -0.1) is 5.10 Å². The fraction of sp³-hybridized carbons (Fsp3) is 0.125. The van der Waals surface area contributed by atoms with Gasteiger partial charge in [0, 0.05) is 5.69 Å². The molecule has 0 aliphatic rings. The van der Waals surface area contributed by atoms with Crippen LogP contribution in [0.25, 0.3) is 5.69 Å². The van der Waals surface area contributed by atoms with Gasteiger partial charge in [0.2, 0.25) is 5.13 Å². The van der Waals surface area contributed by atoms with E-state index in [0.29, 0.717) is 0 Å². The first-order valence-corrected chi connectivity index (χ1v) is 8.00. The summed E-state index contributed by atoms with van der Waals surface area (Å²) < 4.78 is 2.51. The number of benzene rings is 2. The second-order valence-electron chi connectivity index (χ2n) is 4.60. The van der Waals surface area contributed by atoms with Gasteiger partial charge in [-0.3, -0.25) is 0 Å². The van der Waals surface area contributed by atoms with Crippen molar-refractivity contribution in [1.82, 2.24) is 9.78 Å². The lowest BCUT2D eigenvalue weighted by molar-refractivity contribution is 0.874. The second kappa shape index (κ2) is 6.20. The van der Waals surface area contributed by atoms with Gasteiger partial charge < -0.3 is 5.32 Å². The molecule has 5 heteroatoms. The van der Waals surface area contributed by atoms with Crippen LogP contribution in [0.5, 0.6) is 0 Å². The van der Waals surface area contributed by atoms with E-state index < -0.39 is 0 Å². The van der Waals surface area contributed by atoms with E-state index in [4.69, 9.17) is 12.2 Å². The molecule has 1 N–H and O–H groups in total. The fourth-order valence-corrected chi connectivity index (χ4v) is 3.08. The van der Waals surface area contributed by atoms with Crippen LogP contribution in [0, 0.1) is 3.95 Å². The Labute approximate surface area is 132 Å². The summed E-state index contributed by atoms with van der Waals surface area (Å²) in [5.41, 5.74) is 3.33. The summed E-state index contributed by atoms with van der Waals surface area (Å²) in [4.78, 5) is 0. The molecule has 0 unspecified atom stereocenters. The number of para-hydroxylation sites is 1. The van der Waals surface area contributed by atoms with E-state index >= 15 is 0 Å². The maximum absolute atomic E-state index is 5.39. The summed E-state index contributed by atoms with van der Waals surface area (Å²) in [6.45, 7) is 2.15. The molecule has 0 fully saturated rings. The zero-order valence-electron chi connectivity index (χ0n) is 11.6. The molecule has 0 aliphatic carbocycles. The Bertz CT molecular complexity index is 773. The molecule has 0 radical (unpaired) electrons. The van der Waals surface area contributed by atoms with Crippen molar-refractivity contribution >= 4 is 34.4 Å². The largest absolute Gasteiger partial charge is 0.330 e. The highest BCUT2D eigenvalue weighted by molar-refractivity contribution is 7.73. The van der Waals surface area contributed by atoms with Gasteiger partial charge >= 0.3 is 0 Å². The zero-order chi connectivity index (χ0) is 14.7. The number of anilines is 2. The third kappa shape index (κ3) is 3.20. The molecule has 3 aromatic rings. The molecule has 0 saturated heterocycles. The highest BCUT2D eigenvalue weighted by atomic mass is 32.1. The van der Waals surface area contributed by atoms with Gasteiger partial charge in [0.05, 0.1) is 5.69 Å². The molecule has 0 spiro atoms. The first-order chi connectivity index (χ1) is 10.3. The van der Waals surface area contributed by atoms with E-state index in [1.54, 1.807) is 4.68 Å². The Kier molecular flexibility index (Phi) is 4.13. The molecular formula is C16H15N3S2. The van der Waals surface area contributed by atoms with Gasteiger partial charge in [-0.1, -0.05) is 48.6 Å². The first-order valence-electron chi connectivity index (χ1n) is 6.78. The topological polar surface area (TPSA) is 29.9 Å². The summed E-state index contributed by atoms with van der Waals surface area (Å²) in [5.74, 6) is 0. The average molecular weight is 313 g/mol. The van der Waals surface area contributed by atoms with E-state index in [1.165, 1.54) is 16.9 Å². The first kappa shape index (κ1) is 14.0. The van der Waals surface area contributed by atoms with Crippen molar-refractivity contribution in [3.05, 3.63) is 64.1 Å². The Hall–Kier alpha value is -1.98. The molecule has 0 aliphatic heterocycles. The predicted molar refractivity (Wildman–Crippen MR) is 91.4 cm³/mol. The van der Waals surface area contributed by atoms with Crippen LogP contribution in [-0.4, -0.2) is 9.78 Å². The van der Waals surface area contributed by atoms with Gasteiger partial charge in [0.1, 0.15) is 0 Å². The summed E-state index contributed by atoms with van der Waals surface area (Å²) in [5, 5.41) is 8.64. The normalized spacial score (nSPS) is 10.5. The van der Waals surface area contributed by atoms with E-state index in [1.807, 2.05) is 30.3 Å². The lowest BCUT2D eigenvalue weighted by Crippen LogP contribution is -1.97. The van der Waals surface area contributed by atoms with Crippen molar-refractivity contribution in [2.45, 2.75) is 13.3 Å². The number of nitrogens with one attached hydrogen (secondary N) is 1. The number of aryl methyl sites for hydroxylation is 1. The summed E-state index contributed by atoms with van der Waals surface area (Å²) in [7, 11) is 0. The van der Waals surface area contributed by atoms with Crippen molar-refractivity contribution in [2.24, 2.45) is 0 Å². The van der Waals surface area contributed by atoms with Crippen LogP contribution in [0.15, 0.2) is 54.6 Å². The van der Waals surface area contributed by atoms with E-state index in [0.717, 1.165) is 26.9 Å². The highest BCUT2D eigenvalue weighted by Gasteiger charge is 2.05. The van der Waals surface area contributed by atoms with Crippen LogP contribution < -0.4 is 5.32 Å². The smallest absolute Gasteiger partial charge is 0.209 e. The molecule has 106 valence electrons.